The lowest BCUT2D eigenvalue weighted by molar-refractivity contribution is -0.382. The summed E-state index contributed by atoms with van der Waals surface area (Å²) in [6, 6.07) is 22.0. The highest BCUT2D eigenvalue weighted by molar-refractivity contribution is 14.1. The largest absolute Gasteiger partial charge is 0.508 e. The molecule has 282 valence electrons. The second-order valence-corrected chi connectivity index (χ2v) is 17.6. The second-order valence-electron chi connectivity index (χ2n) is 11.0. The standard InChI is InChI=1S/C33H25F9I2O6S2/c34-30(35,32(38,39)40)31(36,37)33(41,42)52(46,47)50-51(24-6-2-1-3-7-24)27-9-5-4-8-25(27)26-20-22(12-15-28(26)51)29(48-18-16-43,49-19-17-44)21-10-13-23(45)14-11-21/h1-15,20,45H,16-19H2. The lowest BCUT2D eigenvalue weighted by Gasteiger charge is -2.39. The minimum Gasteiger partial charge on any atom is -0.508 e. The van der Waals surface area contributed by atoms with Crippen LogP contribution in [0.5, 0.6) is 5.75 Å². The van der Waals surface area contributed by atoms with E-state index in [1.165, 1.54) is 97.1 Å². The first-order chi connectivity index (χ1) is 24.2. The molecular formula is C33H25F9I2O6S2. The molecule has 5 rings (SSSR count). The van der Waals surface area contributed by atoms with E-state index in [0.717, 1.165) is 0 Å². The first-order valence-corrected chi connectivity index (χ1v) is 20.7. The quantitative estimate of drug-likeness (QED) is 0.0587. The molecule has 1 aliphatic rings. The van der Waals surface area contributed by atoms with Crippen molar-refractivity contribution in [2.24, 2.45) is 0 Å². The van der Waals surface area contributed by atoms with Crippen LogP contribution in [0.15, 0.2) is 112 Å². The molecule has 0 aliphatic carbocycles. The average Bonchev–Trinajstić information content (AvgIpc) is 3.38. The van der Waals surface area contributed by atoms with Crippen LogP contribution in [0.1, 0.15) is 11.1 Å². The van der Waals surface area contributed by atoms with Crippen molar-refractivity contribution in [2.45, 2.75) is 43.7 Å². The third kappa shape index (κ3) is 6.58. The molecule has 1 N–H and O–H groups in total. The van der Waals surface area contributed by atoms with Gasteiger partial charge in [-0.2, -0.15) is 47.9 Å². The number of ether oxygens (including phenoxy) is 2. The van der Waals surface area contributed by atoms with Crippen LogP contribution in [0.3, 0.4) is 0 Å². The molecule has 0 saturated heterocycles. The molecule has 0 spiro atoms. The Balaban J connectivity index is 1.80. The van der Waals surface area contributed by atoms with Crippen LogP contribution in [-0.2, 0) is 29.0 Å². The zero-order chi connectivity index (χ0) is 38.4. The zero-order valence-corrected chi connectivity index (χ0v) is 32.0. The highest BCUT2D eigenvalue weighted by atomic mass is 127. The SMILES string of the molecule is O=S(=O)(OS1(c2ccccc2)c2ccccc2-c2cc(C(OCCI)(OCCI)c3ccc(O)cc3)ccc21)C(F)(F)C(F)(F)C(F)(F)C(F)(F)F. The fourth-order valence-electron chi connectivity index (χ4n) is 5.51. The lowest BCUT2D eigenvalue weighted by Crippen LogP contribution is -2.63. The summed E-state index contributed by atoms with van der Waals surface area (Å²) in [6.45, 7) is 0.255. The molecular weight excluding hydrogens is 981 g/mol. The van der Waals surface area contributed by atoms with Crippen molar-refractivity contribution in [1.29, 1.82) is 0 Å². The third-order valence-corrected chi connectivity index (χ3v) is 14.1. The van der Waals surface area contributed by atoms with Gasteiger partial charge >= 0.3 is 33.4 Å². The summed E-state index contributed by atoms with van der Waals surface area (Å²) in [5.41, 5.74) is 0.928. The van der Waals surface area contributed by atoms with Gasteiger partial charge in [-0.1, -0.05) is 87.6 Å². The number of hydrogen-bond donors (Lipinski definition) is 1. The summed E-state index contributed by atoms with van der Waals surface area (Å²) < 4.78 is 172. The number of fused-ring (bicyclic) bond motifs is 3. The van der Waals surface area contributed by atoms with Gasteiger partial charge in [0.25, 0.3) is 0 Å². The van der Waals surface area contributed by atoms with Gasteiger partial charge in [-0.15, -0.1) is 0 Å². The van der Waals surface area contributed by atoms with Crippen LogP contribution >= 0.6 is 55.5 Å². The van der Waals surface area contributed by atoms with E-state index in [0.29, 0.717) is 14.4 Å². The van der Waals surface area contributed by atoms with Gasteiger partial charge in [0.05, 0.1) is 13.2 Å². The fourth-order valence-corrected chi connectivity index (χ4v) is 11.5. The minimum absolute atomic E-state index is 0.0757. The fraction of sp³-hybridized carbons (Fsp3) is 0.273. The molecule has 0 radical (unpaired) electrons. The van der Waals surface area contributed by atoms with Gasteiger partial charge in [0.1, 0.15) is 5.75 Å². The monoisotopic (exact) mass is 1010 g/mol. The van der Waals surface area contributed by atoms with Crippen molar-refractivity contribution in [2.75, 3.05) is 22.1 Å². The van der Waals surface area contributed by atoms with Crippen molar-refractivity contribution in [3.8, 4) is 16.9 Å². The Morgan fingerprint density at radius 2 is 1.15 bits per heavy atom. The van der Waals surface area contributed by atoms with Gasteiger partial charge in [0, 0.05) is 34.7 Å². The van der Waals surface area contributed by atoms with Gasteiger partial charge in [-0.3, -0.25) is 0 Å². The number of alkyl halides is 11. The summed E-state index contributed by atoms with van der Waals surface area (Å²) >= 11 is 4.13. The van der Waals surface area contributed by atoms with Crippen LogP contribution in [0, 0.1) is 0 Å². The highest BCUT2D eigenvalue weighted by Crippen LogP contribution is 2.78. The molecule has 0 bridgehead atoms. The highest BCUT2D eigenvalue weighted by Gasteiger charge is 2.86. The molecule has 0 fully saturated rings. The first kappa shape index (κ1) is 40.9. The molecule has 4 aromatic rings. The van der Waals surface area contributed by atoms with Crippen LogP contribution < -0.4 is 0 Å². The van der Waals surface area contributed by atoms with E-state index in [2.05, 4.69) is 45.2 Å². The molecule has 0 aromatic heterocycles. The topological polar surface area (TPSA) is 82.1 Å². The summed E-state index contributed by atoms with van der Waals surface area (Å²) in [6.07, 6.45) is -7.26. The third-order valence-electron chi connectivity index (χ3n) is 7.87. The van der Waals surface area contributed by atoms with Gasteiger partial charge in [-0.05, 0) is 76.0 Å². The number of hydrogen-bond acceptors (Lipinski definition) is 6. The van der Waals surface area contributed by atoms with E-state index in [1.54, 1.807) is 0 Å². The number of halogens is 11. The number of benzene rings is 4. The predicted molar refractivity (Wildman–Crippen MR) is 190 cm³/mol. The molecule has 52 heavy (non-hydrogen) atoms. The van der Waals surface area contributed by atoms with Crippen molar-refractivity contribution in [3.63, 3.8) is 0 Å². The minimum atomic E-state index is -7.51. The Hall–Kier alpha value is -2.31. The normalized spacial score (nSPS) is 18.1. The average molecular weight is 1010 g/mol. The maximum absolute atomic E-state index is 15.3. The van der Waals surface area contributed by atoms with Crippen LogP contribution in [0.4, 0.5) is 39.5 Å². The Labute approximate surface area is 320 Å². The number of phenols is 1. The van der Waals surface area contributed by atoms with Gasteiger partial charge in [0.2, 0.25) is 5.79 Å². The van der Waals surface area contributed by atoms with E-state index in [9.17, 15) is 44.3 Å². The summed E-state index contributed by atoms with van der Waals surface area (Å²) in [5, 5.41) is 2.89. The van der Waals surface area contributed by atoms with Crippen molar-refractivity contribution < 1.29 is 66.1 Å². The van der Waals surface area contributed by atoms with E-state index in [4.69, 9.17) is 13.1 Å². The van der Waals surface area contributed by atoms with E-state index >= 15 is 8.78 Å². The van der Waals surface area contributed by atoms with Gasteiger partial charge in [0.15, 0.2) is 0 Å². The maximum atomic E-state index is 15.3. The van der Waals surface area contributed by atoms with Crippen molar-refractivity contribution in [1.82, 2.24) is 0 Å². The molecule has 19 heteroatoms. The van der Waals surface area contributed by atoms with Crippen LogP contribution in [0.25, 0.3) is 11.1 Å². The Morgan fingerprint density at radius 1 is 0.635 bits per heavy atom. The molecule has 1 aliphatic heterocycles. The Bertz CT molecular complexity index is 2010. The van der Waals surface area contributed by atoms with E-state index in [1.807, 2.05) is 0 Å². The Kier molecular flexibility index (Phi) is 11.6. The maximum Gasteiger partial charge on any atom is 0.460 e. The number of aromatic hydroxyl groups is 1. The number of phenolic OH excluding ortho intramolecular Hbond substituents is 1. The van der Waals surface area contributed by atoms with Crippen LogP contribution in [-0.4, -0.2) is 58.9 Å². The molecule has 0 amide bonds. The van der Waals surface area contributed by atoms with Gasteiger partial charge in [-0.25, -0.2) is 3.63 Å². The molecule has 1 unspecified atom stereocenters. The molecule has 4 aromatic carbocycles. The van der Waals surface area contributed by atoms with Crippen molar-refractivity contribution in [3.05, 3.63) is 108 Å². The summed E-state index contributed by atoms with van der Waals surface area (Å²) in [5.74, 6) is -16.8. The van der Waals surface area contributed by atoms with E-state index < -0.39 is 49.5 Å². The molecule has 6 nitrogen and oxygen atoms in total. The van der Waals surface area contributed by atoms with Gasteiger partial charge < -0.3 is 14.6 Å². The van der Waals surface area contributed by atoms with Crippen LogP contribution in [0.2, 0.25) is 0 Å². The smallest absolute Gasteiger partial charge is 0.460 e. The lowest BCUT2D eigenvalue weighted by atomic mass is 9.93. The first-order valence-electron chi connectivity index (χ1n) is 14.7. The van der Waals surface area contributed by atoms with E-state index in [-0.39, 0.29) is 50.3 Å². The molecule has 1 heterocycles. The second kappa shape index (κ2) is 14.7. The molecule has 1 atom stereocenters. The predicted octanol–water partition coefficient (Wildman–Crippen LogP) is 10.4. The molecule has 0 saturated carbocycles. The summed E-state index contributed by atoms with van der Waals surface area (Å²) in [7, 11) is -11.5. The van der Waals surface area contributed by atoms with Crippen molar-refractivity contribution >= 4 is 65.6 Å². The summed E-state index contributed by atoms with van der Waals surface area (Å²) in [4.78, 5) is -0.530. The zero-order valence-electron chi connectivity index (χ0n) is 26.0. The Morgan fingerprint density at radius 3 is 1.71 bits per heavy atom. The number of rotatable bonds is 14.